The number of nitrogens with one attached hydrogen (secondary N) is 1. The van der Waals surface area contributed by atoms with Crippen molar-refractivity contribution in [1.82, 2.24) is 9.88 Å². The first kappa shape index (κ1) is 18.2. The van der Waals surface area contributed by atoms with Crippen LogP contribution in [0.2, 0.25) is 0 Å². The number of nitrogens with zero attached hydrogens (tertiary/aromatic N) is 4. The van der Waals surface area contributed by atoms with Crippen LogP contribution in [0.3, 0.4) is 0 Å². The summed E-state index contributed by atoms with van der Waals surface area (Å²) in [5.41, 5.74) is 3.17. The van der Waals surface area contributed by atoms with E-state index in [2.05, 4.69) is 38.2 Å². The Bertz CT molecular complexity index is 910. The maximum absolute atomic E-state index is 12.4. The second kappa shape index (κ2) is 7.55. The van der Waals surface area contributed by atoms with E-state index in [0.717, 1.165) is 80.6 Å². The molecular weight excluding hydrogens is 366 g/mol. The van der Waals surface area contributed by atoms with Crippen molar-refractivity contribution in [2.45, 2.75) is 25.4 Å². The third-order valence-electron chi connectivity index (χ3n) is 6.21. The summed E-state index contributed by atoms with van der Waals surface area (Å²) < 4.78 is 5.51. The second-order valence-electron chi connectivity index (χ2n) is 7.99. The molecule has 0 saturated carbocycles. The molecule has 2 aromatic rings. The van der Waals surface area contributed by atoms with Crippen molar-refractivity contribution < 1.29 is 9.53 Å². The third-order valence-corrected chi connectivity index (χ3v) is 6.21. The largest absolute Gasteiger partial charge is 0.495 e. The zero-order chi connectivity index (χ0) is 19.8. The normalized spacial score (nSPS) is 21.6. The Morgan fingerprint density at radius 1 is 1.17 bits per heavy atom. The number of carbonyl (C=O) groups excluding carboxylic acids is 1. The molecule has 3 aliphatic rings. The fourth-order valence-electron chi connectivity index (χ4n) is 4.71. The molecule has 0 spiro atoms. The standard InChI is InChI=1S/C22H27N5O2/c1-29-20-7-3-2-5-18(20)26-11-9-25(10-12-26)15-16-13-17-21(23-14-16)27-8-4-6-19(27)22(28)24-17/h2-3,5,7,13-14,19H,4,6,8-12,15H2,1H3,(H,24,28)/t19-/m0/s1. The quantitative estimate of drug-likeness (QED) is 0.860. The SMILES string of the molecule is COc1ccccc1N1CCN(Cc2cnc3c(c2)NC(=O)[C@@H]2CCCN32)CC1. The third kappa shape index (κ3) is 3.40. The van der Waals surface area contributed by atoms with Crippen molar-refractivity contribution in [2.24, 2.45) is 0 Å². The number of anilines is 3. The summed E-state index contributed by atoms with van der Waals surface area (Å²) >= 11 is 0. The van der Waals surface area contributed by atoms with Crippen LogP contribution in [0, 0.1) is 0 Å². The highest BCUT2D eigenvalue weighted by Crippen LogP contribution is 2.35. The van der Waals surface area contributed by atoms with Gasteiger partial charge in [0.15, 0.2) is 5.82 Å². The zero-order valence-electron chi connectivity index (χ0n) is 16.8. The molecular formula is C22H27N5O2. The number of piperazine rings is 1. The highest BCUT2D eigenvalue weighted by atomic mass is 16.5. The van der Waals surface area contributed by atoms with E-state index < -0.39 is 0 Å². The van der Waals surface area contributed by atoms with Gasteiger partial charge in [0.05, 0.1) is 18.5 Å². The van der Waals surface area contributed by atoms with Crippen molar-refractivity contribution in [1.29, 1.82) is 0 Å². The fraction of sp³-hybridized carbons (Fsp3) is 0.455. The number of fused-ring (bicyclic) bond motifs is 3. The Hall–Kier alpha value is -2.80. The van der Waals surface area contributed by atoms with Gasteiger partial charge in [0.25, 0.3) is 0 Å². The molecule has 1 atom stereocenters. The second-order valence-corrected chi connectivity index (χ2v) is 7.99. The van der Waals surface area contributed by atoms with Gasteiger partial charge in [0.1, 0.15) is 11.8 Å². The molecule has 1 aromatic carbocycles. The molecule has 2 saturated heterocycles. The minimum absolute atomic E-state index is 0.0381. The number of amides is 1. The van der Waals surface area contributed by atoms with E-state index in [4.69, 9.17) is 9.72 Å². The van der Waals surface area contributed by atoms with E-state index in [9.17, 15) is 4.79 Å². The molecule has 4 heterocycles. The molecule has 7 heteroatoms. The Labute approximate surface area is 171 Å². The molecule has 0 bridgehead atoms. The summed E-state index contributed by atoms with van der Waals surface area (Å²) in [4.78, 5) is 24.0. The number of methoxy groups -OCH3 is 1. The molecule has 3 aliphatic heterocycles. The van der Waals surface area contributed by atoms with Gasteiger partial charge in [0.2, 0.25) is 5.91 Å². The fourth-order valence-corrected chi connectivity index (χ4v) is 4.71. The van der Waals surface area contributed by atoms with Crippen molar-refractivity contribution in [3.63, 3.8) is 0 Å². The van der Waals surface area contributed by atoms with Crippen LogP contribution in [-0.4, -0.2) is 61.7 Å². The Balaban J connectivity index is 1.24. The van der Waals surface area contributed by atoms with Crippen LogP contribution in [0.25, 0.3) is 0 Å². The van der Waals surface area contributed by atoms with Crippen LogP contribution in [-0.2, 0) is 11.3 Å². The van der Waals surface area contributed by atoms with E-state index in [1.165, 1.54) is 0 Å². The van der Waals surface area contributed by atoms with Crippen LogP contribution in [0.15, 0.2) is 36.5 Å². The van der Waals surface area contributed by atoms with Crippen LogP contribution < -0.4 is 19.9 Å². The van der Waals surface area contributed by atoms with E-state index >= 15 is 0 Å². The Morgan fingerprint density at radius 3 is 2.83 bits per heavy atom. The van der Waals surface area contributed by atoms with Gasteiger partial charge in [-0.1, -0.05) is 12.1 Å². The van der Waals surface area contributed by atoms with Crippen molar-refractivity contribution in [3.8, 4) is 5.75 Å². The van der Waals surface area contributed by atoms with Gasteiger partial charge in [-0.3, -0.25) is 9.69 Å². The van der Waals surface area contributed by atoms with E-state index in [1.807, 2.05) is 18.3 Å². The van der Waals surface area contributed by atoms with Gasteiger partial charge < -0.3 is 19.9 Å². The molecule has 0 unspecified atom stereocenters. The number of hydrogen-bond acceptors (Lipinski definition) is 6. The van der Waals surface area contributed by atoms with Crippen LogP contribution in [0.5, 0.6) is 5.75 Å². The molecule has 1 amide bonds. The van der Waals surface area contributed by atoms with Crippen LogP contribution in [0.4, 0.5) is 17.2 Å². The monoisotopic (exact) mass is 393 g/mol. The highest BCUT2D eigenvalue weighted by molar-refractivity contribution is 6.03. The number of benzene rings is 1. The average molecular weight is 393 g/mol. The van der Waals surface area contributed by atoms with E-state index in [0.29, 0.717) is 0 Å². The summed E-state index contributed by atoms with van der Waals surface area (Å²) in [6.07, 6.45) is 3.95. The predicted octanol–water partition coefficient (Wildman–Crippen LogP) is 2.33. The van der Waals surface area contributed by atoms with Gasteiger partial charge >= 0.3 is 0 Å². The number of aromatic nitrogens is 1. The van der Waals surface area contributed by atoms with E-state index in [-0.39, 0.29) is 11.9 Å². The van der Waals surface area contributed by atoms with Crippen LogP contribution in [0.1, 0.15) is 18.4 Å². The minimum atomic E-state index is -0.0381. The lowest BCUT2D eigenvalue weighted by Crippen LogP contribution is -2.46. The summed E-state index contributed by atoms with van der Waals surface area (Å²) in [7, 11) is 1.72. The lowest BCUT2D eigenvalue weighted by atomic mass is 10.1. The molecule has 1 aromatic heterocycles. The predicted molar refractivity (Wildman–Crippen MR) is 114 cm³/mol. The number of ether oxygens (including phenoxy) is 1. The molecule has 0 radical (unpaired) electrons. The first-order valence-electron chi connectivity index (χ1n) is 10.4. The molecule has 2 fully saturated rings. The maximum atomic E-state index is 12.4. The van der Waals surface area contributed by atoms with Crippen molar-refractivity contribution in [2.75, 3.05) is 55.0 Å². The average Bonchev–Trinajstić information content (AvgIpc) is 3.25. The van der Waals surface area contributed by atoms with Gasteiger partial charge in [-0.15, -0.1) is 0 Å². The first-order valence-corrected chi connectivity index (χ1v) is 10.4. The lowest BCUT2D eigenvalue weighted by molar-refractivity contribution is -0.117. The molecule has 0 aliphatic carbocycles. The number of rotatable bonds is 4. The van der Waals surface area contributed by atoms with Crippen molar-refractivity contribution in [3.05, 3.63) is 42.1 Å². The lowest BCUT2D eigenvalue weighted by Gasteiger charge is -2.37. The summed E-state index contributed by atoms with van der Waals surface area (Å²) in [6, 6.07) is 10.3. The number of hydrogen-bond donors (Lipinski definition) is 1. The summed E-state index contributed by atoms with van der Waals surface area (Å²) in [6.45, 7) is 5.66. The Morgan fingerprint density at radius 2 is 2.00 bits per heavy atom. The van der Waals surface area contributed by atoms with Gasteiger partial charge in [-0.2, -0.15) is 0 Å². The molecule has 7 nitrogen and oxygen atoms in total. The molecule has 1 N–H and O–H groups in total. The Kier molecular flexibility index (Phi) is 4.75. The number of pyridine rings is 1. The number of carbonyl (C=O) groups is 1. The van der Waals surface area contributed by atoms with E-state index in [1.54, 1.807) is 7.11 Å². The smallest absolute Gasteiger partial charge is 0.247 e. The molecule has 152 valence electrons. The highest BCUT2D eigenvalue weighted by Gasteiger charge is 2.37. The van der Waals surface area contributed by atoms with Gasteiger partial charge in [0, 0.05) is 45.5 Å². The van der Waals surface area contributed by atoms with Gasteiger partial charge in [-0.25, -0.2) is 4.98 Å². The van der Waals surface area contributed by atoms with Gasteiger partial charge in [-0.05, 0) is 36.6 Å². The zero-order valence-corrected chi connectivity index (χ0v) is 16.8. The van der Waals surface area contributed by atoms with Crippen LogP contribution >= 0.6 is 0 Å². The van der Waals surface area contributed by atoms with Crippen molar-refractivity contribution >= 4 is 23.1 Å². The summed E-state index contributed by atoms with van der Waals surface area (Å²) in [5.74, 6) is 1.96. The molecule has 29 heavy (non-hydrogen) atoms. The topological polar surface area (TPSA) is 60.9 Å². The maximum Gasteiger partial charge on any atom is 0.247 e. The molecule has 5 rings (SSSR count). The summed E-state index contributed by atoms with van der Waals surface area (Å²) in [5, 5.41) is 3.07. The first-order chi connectivity index (χ1) is 14.2. The minimum Gasteiger partial charge on any atom is -0.495 e. The number of para-hydroxylation sites is 2.